The summed E-state index contributed by atoms with van der Waals surface area (Å²) in [6, 6.07) is 3.31. The Bertz CT molecular complexity index is 353. The predicted molar refractivity (Wildman–Crippen MR) is 63.2 cm³/mol. The molecule has 88 valence electrons. The summed E-state index contributed by atoms with van der Waals surface area (Å²) in [5, 5.41) is 4.85. The molecule has 0 aliphatic carbocycles. The van der Waals surface area contributed by atoms with Crippen LogP contribution in [0.25, 0.3) is 0 Å². The Hall–Kier alpha value is -0.910. The first kappa shape index (κ1) is 11.6. The second kappa shape index (κ2) is 4.95. The van der Waals surface area contributed by atoms with Crippen LogP contribution in [0.2, 0.25) is 0 Å². The largest absolute Gasteiger partial charge is 0.376 e. The fourth-order valence-corrected chi connectivity index (χ4v) is 2.52. The Morgan fingerprint density at radius 2 is 2.56 bits per heavy atom. The van der Waals surface area contributed by atoms with E-state index >= 15 is 0 Å². The third-order valence-electron chi connectivity index (χ3n) is 2.84. The first-order valence-corrected chi connectivity index (χ1v) is 6.27. The lowest BCUT2D eigenvalue weighted by atomic mass is 10.1. The highest BCUT2D eigenvalue weighted by Crippen LogP contribution is 2.18. The normalized spacial score (nSPS) is 26.6. The van der Waals surface area contributed by atoms with Crippen molar-refractivity contribution in [2.24, 2.45) is 5.73 Å². The molecule has 2 rings (SSSR count). The van der Waals surface area contributed by atoms with Crippen molar-refractivity contribution in [3.05, 3.63) is 22.4 Å². The molecule has 0 aromatic carbocycles. The van der Waals surface area contributed by atoms with Crippen LogP contribution in [0, 0.1) is 0 Å². The molecular weight excluding hydrogens is 224 g/mol. The van der Waals surface area contributed by atoms with E-state index in [4.69, 9.17) is 10.5 Å². The van der Waals surface area contributed by atoms with Gasteiger partial charge in [0.05, 0.1) is 12.1 Å². The maximum atomic E-state index is 11.9. The van der Waals surface area contributed by atoms with E-state index in [9.17, 15) is 4.79 Å². The van der Waals surface area contributed by atoms with Gasteiger partial charge in [-0.1, -0.05) is 6.07 Å². The summed E-state index contributed by atoms with van der Waals surface area (Å²) < 4.78 is 5.38. The van der Waals surface area contributed by atoms with Gasteiger partial charge in [-0.15, -0.1) is 11.3 Å². The highest BCUT2D eigenvalue weighted by atomic mass is 32.1. The molecule has 0 spiro atoms. The number of amides is 1. The van der Waals surface area contributed by atoms with Crippen molar-refractivity contribution in [2.45, 2.75) is 31.5 Å². The van der Waals surface area contributed by atoms with E-state index < -0.39 is 6.04 Å². The van der Waals surface area contributed by atoms with Crippen molar-refractivity contribution < 1.29 is 9.53 Å². The Labute approximate surface area is 98.8 Å². The summed E-state index contributed by atoms with van der Waals surface area (Å²) in [5.74, 6) is -0.121. The molecular formula is C11H16N2O2S. The summed E-state index contributed by atoms with van der Waals surface area (Å²) in [4.78, 5) is 12.8. The molecule has 1 aromatic rings. The highest BCUT2D eigenvalue weighted by Gasteiger charge is 2.28. The minimum atomic E-state index is -0.562. The maximum Gasteiger partial charge on any atom is 0.242 e. The van der Waals surface area contributed by atoms with Crippen LogP contribution in [0.15, 0.2) is 17.5 Å². The van der Waals surface area contributed by atoms with Crippen LogP contribution in [0.5, 0.6) is 0 Å². The summed E-state index contributed by atoms with van der Waals surface area (Å²) in [5.41, 5.74) is 5.86. The Morgan fingerprint density at radius 3 is 3.12 bits per heavy atom. The quantitative estimate of drug-likeness (QED) is 0.829. The predicted octanol–water partition coefficient (Wildman–Crippen LogP) is 1.04. The van der Waals surface area contributed by atoms with E-state index in [1.165, 1.54) is 11.3 Å². The van der Waals surface area contributed by atoms with E-state index in [0.717, 1.165) is 11.3 Å². The standard InChI is InChI=1S/C11H16N2O2S/c1-7-8(4-5-15-7)13-11(14)10(12)9-3-2-6-16-9/h2-3,6-8,10H,4-5,12H2,1H3,(H,13,14). The number of carbonyl (C=O) groups is 1. The van der Waals surface area contributed by atoms with Crippen LogP contribution in [-0.2, 0) is 9.53 Å². The molecule has 0 bridgehead atoms. The molecule has 1 aliphatic heterocycles. The van der Waals surface area contributed by atoms with Gasteiger partial charge in [-0.3, -0.25) is 4.79 Å². The van der Waals surface area contributed by atoms with Gasteiger partial charge < -0.3 is 15.8 Å². The molecule has 4 nitrogen and oxygen atoms in total. The molecule has 0 radical (unpaired) electrons. The summed E-state index contributed by atoms with van der Waals surface area (Å²) >= 11 is 1.50. The van der Waals surface area contributed by atoms with E-state index in [1.807, 2.05) is 24.4 Å². The minimum Gasteiger partial charge on any atom is -0.376 e. The fourth-order valence-electron chi connectivity index (χ4n) is 1.79. The van der Waals surface area contributed by atoms with Gasteiger partial charge in [0.15, 0.2) is 0 Å². The summed E-state index contributed by atoms with van der Waals surface area (Å²) in [6.45, 7) is 2.68. The smallest absolute Gasteiger partial charge is 0.242 e. The van der Waals surface area contributed by atoms with Crippen LogP contribution in [0.3, 0.4) is 0 Å². The Kier molecular flexibility index (Phi) is 3.58. The van der Waals surface area contributed by atoms with Crippen LogP contribution in [-0.4, -0.2) is 24.7 Å². The number of nitrogens with one attached hydrogen (secondary N) is 1. The van der Waals surface area contributed by atoms with Crippen molar-refractivity contribution in [2.75, 3.05) is 6.61 Å². The monoisotopic (exact) mass is 240 g/mol. The van der Waals surface area contributed by atoms with Crippen LogP contribution < -0.4 is 11.1 Å². The van der Waals surface area contributed by atoms with E-state index in [1.54, 1.807) is 0 Å². The third kappa shape index (κ3) is 2.42. The molecule has 5 heteroatoms. The van der Waals surface area contributed by atoms with Crippen molar-refractivity contribution in [3.63, 3.8) is 0 Å². The molecule has 1 saturated heterocycles. The molecule has 3 N–H and O–H groups in total. The van der Waals surface area contributed by atoms with Gasteiger partial charge in [0, 0.05) is 11.5 Å². The van der Waals surface area contributed by atoms with Gasteiger partial charge in [-0.05, 0) is 24.8 Å². The van der Waals surface area contributed by atoms with Crippen molar-refractivity contribution in [1.82, 2.24) is 5.32 Å². The fraction of sp³-hybridized carbons (Fsp3) is 0.545. The number of ether oxygens (including phenoxy) is 1. The van der Waals surface area contributed by atoms with Crippen LogP contribution >= 0.6 is 11.3 Å². The Morgan fingerprint density at radius 1 is 1.75 bits per heavy atom. The number of rotatable bonds is 3. The molecule has 1 aromatic heterocycles. The molecule has 1 fully saturated rings. The second-order valence-electron chi connectivity index (χ2n) is 3.97. The van der Waals surface area contributed by atoms with Crippen LogP contribution in [0.1, 0.15) is 24.3 Å². The van der Waals surface area contributed by atoms with Crippen LogP contribution in [0.4, 0.5) is 0 Å². The minimum absolute atomic E-state index is 0.0829. The molecule has 1 aliphatic rings. The topological polar surface area (TPSA) is 64.3 Å². The van der Waals surface area contributed by atoms with E-state index in [2.05, 4.69) is 5.32 Å². The first-order chi connectivity index (χ1) is 7.68. The van der Waals surface area contributed by atoms with E-state index in [0.29, 0.717) is 6.61 Å². The molecule has 3 atom stereocenters. The number of hydrogen-bond acceptors (Lipinski definition) is 4. The van der Waals surface area contributed by atoms with E-state index in [-0.39, 0.29) is 18.1 Å². The van der Waals surface area contributed by atoms with Gasteiger partial charge in [-0.2, -0.15) is 0 Å². The van der Waals surface area contributed by atoms with Crippen molar-refractivity contribution in [1.29, 1.82) is 0 Å². The maximum absolute atomic E-state index is 11.9. The zero-order valence-corrected chi connectivity index (χ0v) is 10.00. The zero-order valence-electron chi connectivity index (χ0n) is 9.18. The number of nitrogens with two attached hydrogens (primary N) is 1. The molecule has 16 heavy (non-hydrogen) atoms. The number of hydrogen-bond donors (Lipinski definition) is 2. The molecule has 1 amide bonds. The lowest BCUT2D eigenvalue weighted by molar-refractivity contribution is -0.123. The first-order valence-electron chi connectivity index (χ1n) is 5.39. The second-order valence-corrected chi connectivity index (χ2v) is 4.95. The van der Waals surface area contributed by atoms with Gasteiger partial charge >= 0.3 is 0 Å². The van der Waals surface area contributed by atoms with Crippen molar-refractivity contribution >= 4 is 17.2 Å². The SMILES string of the molecule is CC1OCCC1NC(=O)C(N)c1cccs1. The molecule has 2 heterocycles. The summed E-state index contributed by atoms with van der Waals surface area (Å²) in [6.07, 6.45) is 0.948. The van der Waals surface area contributed by atoms with Gasteiger partial charge in [-0.25, -0.2) is 0 Å². The lowest BCUT2D eigenvalue weighted by Crippen LogP contribution is -2.43. The molecule has 3 unspecified atom stereocenters. The Balaban J connectivity index is 1.93. The average Bonchev–Trinajstić information content (AvgIpc) is 2.89. The number of thiophene rings is 1. The van der Waals surface area contributed by atoms with Gasteiger partial charge in [0.25, 0.3) is 0 Å². The van der Waals surface area contributed by atoms with Gasteiger partial charge in [0.1, 0.15) is 6.04 Å². The number of carbonyl (C=O) groups excluding carboxylic acids is 1. The molecule has 0 saturated carbocycles. The van der Waals surface area contributed by atoms with Crippen molar-refractivity contribution in [3.8, 4) is 0 Å². The highest BCUT2D eigenvalue weighted by molar-refractivity contribution is 7.10. The lowest BCUT2D eigenvalue weighted by Gasteiger charge is -2.18. The summed E-state index contributed by atoms with van der Waals surface area (Å²) in [7, 11) is 0. The van der Waals surface area contributed by atoms with Gasteiger partial charge in [0.2, 0.25) is 5.91 Å². The zero-order chi connectivity index (χ0) is 11.5. The third-order valence-corrected chi connectivity index (χ3v) is 3.79. The average molecular weight is 240 g/mol.